The van der Waals surface area contributed by atoms with E-state index < -0.39 is 11.9 Å². The minimum atomic E-state index is -0.526. The highest BCUT2D eigenvalue weighted by Gasteiger charge is 2.36. The molecule has 2 N–H and O–H groups in total. The van der Waals surface area contributed by atoms with Crippen molar-refractivity contribution in [1.82, 2.24) is 0 Å². The Kier molecular flexibility index (Phi) is 6.78. The number of aryl methyl sites for hydroxylation is 1. The van der Waals surface area contributed by atoms with E-state index in [-0.39, 0.29) is 37.3 Å². The summed E-state index contributed by atoms with van der Waals surface area (Å²) in [5.74, 6) is -1.52. The van der Waals surface area contributed by atoms with Crippen molar-refractivity contribution in [3.63, 3.8) is 0 Å². The van der Waals surface area contributed by atoms with E-state index in [1.165, 1.54) is 18.3 Å². The number of carbonyl (C=O) groups is 4. The van der Waals surface area contributed by atoms with Crippen molar-refractivity contribution in [2.24, 2.45) is 5.92 Å². The predicted molar refractivity (Wildman–Crippen MR) is 127 cm³/mol. The van der Waals surface area contributed by atoms with Gasteiger partial charge in [-0.15, -0.1) is 11.3 Å². The minimum Gasteiger partial charge on any atom is -0.462 e. The van der Waals surface area contributed by atoms with Crippen molar-refractivity contribution >= 4 is 51.4 Å². The van der Waals surface area contributed by atoms with Crippen LogP contribution < -0.4 is 15.5 Å². The van der Waals surface area contributed by atoms with Gasteiger partial charge < -0.3 is 20.3 Å². The molecule has 1 aromatic carbocycles. The van der Waals surface area contributed by atoms with Gasteiger partial charge in [-0.3, -0.25) is 14.4 Å². The van der Waals surface area contributed by atoms with Gasteiger partial charge in [0.15, 0.2) is 0 Å². The SMILES string of the molecule is CCOC(=O)c1c(NC(=O)C2CC(=O)N(c3ccc(NC(C)=O)cc3)C2)sc2c1CCCC2. The molecule has 8 nitrogen and oxygen atoms in total. The molecule has 1 aromatic heterocycles. The summed E-state index contributed by atoms with van der Waals surface area (Å²) < 4.78 is 5.25. The molecule has 1 aliphatic heterocycles. The summed E-state index contributed by atoms with van der Waals surface area (Å²) in [4.78, 5) is 52.2. The van der Waals surface area contributed by atoms with Gasteiger partial charge >= 0.3 is 5.97 Å². The maximum Gasteiger partial charge on any atom is 0.341 e. The van der Waals surface area contributed by atoms with E-state index in [1.807, 2.05) is 0 Å². The number of amides is 3. The lowest BCUT2D eigenvalue weighted by Crippen LogP contribution is -2.28. The fourth-order valence-corrected chi connectivity index (χ4v) is 5.63. The zero-order valence-electron chi connectivity index (χ0n) is 18.7. The Morgan fingerprint density at radius 1 is 1.12 bits per heavy atom. The Hall–Kier alpha value is -3.20. The summed E-state index contributed by atoms with van der Waals surface area (Å²) in [5, 5.41) is 6.14. The molecule has 9 heteroatoms. The third kappa shape index (κ3) is 4.93. The fourth-order valence-electron chi connectivity index (χ4n) is 4.35. The highest BCUT2D eigenvalue weighted by Crippen LogP contribution is 2.39. The van der Waals surface area contributed by atoms with E-state index in [0.717, 1.165) is 36.1 Å². The third-order valence-corrected chi connectivity index (χ3v) is 7.09. The van der Waals surface area contributed by atoms with Gasteiger partial charge in [0.1, 0.15) is 5.00 Å². The highest BCUT2D eigenvalue weighted by molar-refractivity contribution is 7.17. The largest absolute Gasteiger partial charge is 0.462 e. The van der Waals surface area contributed by atoms with E-state index in [0.29, 0.717) is 21.9 Å². The lowest BCUT2D eigenvalue weighted by atomic mass is 9.95. The summed E-state index contributed by atoms with van der Waals surface area (Å²) in [7, 11) is 0. The monoisotopic (exact) mass is 469 g/mol. The highest BCUT2D eigenvalue weighted by atomic mass is 32.1. The number of benzene rings is 1. The molecule has 2 heterocycles. The quantitative estimate of drug-likeness (QED) is 0.627. The second-order valence-electron chi connectivity index (χ2n) is 8.26. The first-order chi connectivity index (χ1) is 15.9. The molecule has 33 heavy (non-hydrogen) atoms. The van der Waals surface area contributed by atoms with Gasteiger partial charge in [0, 0.05) is 36.1 Å². The molecule has 0 bridgehead atoms. The van der Waals surface area contributed by atoms with E-state index in [9.17, 15) is 19.2 Å². The molecule has 4 rings (SSSR count). The first-order valence-corrected chi connectivity index (χ1v) is 12.0. The van der Waals surface area contributed by atoms with Crippen LogP contribution in [-0.2, 0) is 32.0 Å². The second-order valence-corrected chi connectivity index (χ2v) is 9.36. The van der Waals surface area contributed by atoms with Crippen LogP contribution in [0.1, 0.15) is 53.9 Å². The standard InChI is InChI=1S/C24H27N3O5S/c1-3-32-24(31)21-18-6-4-5-7-19(18)33-23(21)26-22(30)15-12-20(29)27(13-15)17-10-8-16(9-11-17)25-14(2)28/h8-11,15H,3-7,12-13H2,1-2H3,(H,25,28)(H,26,30). The number of fused-ring (bicyclic) bond motifs is 1. The smallest absolute Gasteiger partial charge is 0.341 e. The van der Waals surface area contributed by atoms with Crippen LogP contribution in [0.5, 0.6) is 0 Å². The van der Waals surface area contributed by atoms with Gasteiger partial charge in [-0.25, -0.2) is 4.79 Å². The molecule has 2 aliphatic rings. The third-order valence-electron chi connectivity index (χ3n) is 5.88. The van der Waals surface area contributed by atoms with E-state index in [1.54, 1.807) is 36.1 Å². The average molecular weight is 470 g/mol. The van der Waals surface area contributed by atoms with Crippen LogP contribution in [-0.4, -0.2) is 36.8 Å². The van der Waals surface area contributed by atoms with Crippen molar-refractivity contribution < 1.29 is 23.9 Å². The van der Waals surface area contributed by atoms with Crippen LogP contribution in [0.15, 0.2) is 24.3 Å². The molecule has 1 unspecified atom stereocenters. The number of hydrogen-bond acceptors (Lipinski definition) is 6. The molecule has 0 radical (unpaired) electrons. The number of carbonyl (C=O) groups excluding carboxylic acids is 4. The van der Waals surface area contributed by atoms with Crippen molar-refractivity contribution in [2.45, 2.75) is 46.0 Å². The van der Waals surface area contributed by atoms with Gasteiger partial charge in [0.25, 0.3) is 0 Å². The molecule has 174 valence electrons. The maximum absolute atomic E-state index is 13.1. The Morgan fingerprint density at radius 2 is 1.85 bits per heavy atom. The summed E-state index contributed by atoms with van der Waals surface area (Å²) >= 11 is 1.44. The lowest BCUT2D eigenvalue weighted by molar-refractivity contribution is -0.122. The van der Waals surface area contributed by atoms with Crippen LogP contribution >= 0.6 is 11.3 Å². The molecule has 1 fully saturated rings. The van der Waals surface area contributed by atoms with E-state index >= 15 is 0 Å². The normalized spacial score (nSPS) is 17.5. The molecular weight excluding hydrogens is 442 g/mol. The number of nitrogens with zero attached hydrogens (tertiary/aromatic N) is 1. The molecule has 3 amide bonds. The van der Waals surface area contributed by atoms with Crippen molar-refractivity contribution in [3.05, 3.63) is 40.3 Å². The Labute approximate surface area is 196 Å². The molecule has 1 saturated heterocycles. The van der Waals surface area contributed by atoms with Gasteiger partial charge in [-0.1, -0.05) is 0 Å². The van der Waals surface area contributed by atoms with Crippen molar-refractivity contribution in [1.29, 1.82) is 0 Å². The molecule has 2 aromatic rings. The van der Waals surface area contributed by atoms with Crippen molar-refractivity contribution in [2.75, 3.05) is 28.7 Å². The van der Waals surface area contributed by atoms with E-state index in [2.05, 4.69) is 10.6 Å². The second kappa shape index (κ2) is 9.74. The summed E-state index contributed by atoms with van der Waals surface area (Å²) in [6.07, 6.45) is 3.87. The lowest BCUT2D eigenvalue weighted by Gasteiger charge is -2.17. The minimum absolute atomic E-state index is 0.0963. The van der Waals surface area contributed by atoms with Crippen LogP contribution in [0, 0.1) is 5.92 Å². The molecule has 0 spiro atoms. The number of hydrogen-bond donors (Lipinski definition) is 2. The fraction of sp³-hybridized carbons (Fsp3) is 0.417. The van der Waals surface area contributed by atoms with Gasteiger partial charge in [0.2, 0.25) is 17.7 Å². The number of anilines is 3. The van der Waals surface area contributed by atoms with Gasteiger partial charge in [-0.2, -0.15) is 0 Å². The molecule has 0 saturated carbocycles. The predicted octanol–water partition coefficient (Wildman–Crippen LogP) is 3.75. The van der Waals surface area contributed by atoms with Gasteiger partial charge in [-0.05, 0) is 62.4 Å². The Morgan fingerprint density at radius 3 is 2.55 bits per heavy atom. The zero-order chi connectivity index (χ0) is 23.5. The summed E-state index contributed by atoms with van der Waals surface area (Å²) in [6.45, 7) is 3.71. The molecule has 1 atom stereocenters. The number of nitrogens with one attached hydrogen (secondary N) is 2. The summed E-state index contributed by atoms with van der Waals surface area (Å²) in [6, 6.07) is 6.93. The van der Waals surface area contributed by atoms with Crippen molar-refractivity contribution in [3.8, 4) is 0 Å². The van der Waals surface area contributed by atoms with Crippen LogP contribution in [0.3, 0.4) is 0 Å². The Balaban J connectivity index is 1.48. The number of rotatable bonds is 6. The maximum atomic E-state index is 13.1. The number of thiophene rings is 1. The first kappa shape index (κ1) is 23.0. The van der Waals surface area contributed by atoms with Gasteiger partial charge in [0.05, 0.1) is 18.1 Å². The van der Waals surface area contributed by atoms with Crippen LogP contribution in [0.25, 0.3) is 0 Å². The van der Waals surface area contributed by atoms with Crippen LogP contribution in [0.4, 0.5) is 16.4 Å². The first-order valence-electron chi connectivity index (χ1n) is 11.2. The molecule has 1 aliphatic carbocycles. The number of ether oxygens (including phenoxy) is 1. The topological polar surface area (TPSA) is 105 Å². The Bertz CT molecular complexity index is 1090. The van der Waals surface area contributed by atoms with Crippen LogP contribution in [0.2, 0.25) is 0 Å². The summed E-state index contributed by atoms with van der Waals surface area (Å²) in [5.41, 5.74) is 2.77. The average Bonchev–Trinajstić information content (AvgIpc) is 3.34. The molecular formula is C24H27N3O5S. The van der Waals surface area contributed by atoms with E-state index in [4.69, 9.17) is 4.74 Å². The number of esters is 1. The zero-order valence-corrected chi connectivity index (χ0v) is 19.5.